The van der Waals surface area contributed by atoms with Gasteiger partial charge >= 0.3 is 0 Å². The van der Waals surface area contributed by atoms with E-state index in [9.17, 15) is 4.39 Å². The molecule has 0 atom stereocenters. The zero-order valence-corrected chi connectivity index (χ0v) is 14.5. The van der Waals surface area contributed by atoms with E-state index < -0.39 is 0 Å². The molecule has 2 N–H and O–H groups in total. The fourth-order valence-electron chi connectivity index (χ4n) is 2.42. The summed E-state index contributed by atoms with van der Waals surface area (Å²) in [7, 11) is 0. The lowest BCUT2D eigenvalue weighted by atomic mass is 10.1. The average molecular weight is 357 g/mol. The van der Waals surface area contributed by atoms with E-state index in [1.165, 1.54) is 12.1 Å². The van der Waals surface area contributed by atoms with Gasteiger partial charge in [0, 0.05) is 23.3 Å². The Balaban J connectivity index is 1.63. The van der Waals surface area contributed by atoms with Crippen LogP contribution in [0.1, 0.15) is 11.4 Å². The van der Waals surface area contributed by atoms with Gasteiger partial charge in [0.05, 0.1) is 0 Å². The number of aromatic nitrogens is 2. The molecule has 0 aliphatic heterocycles. The normalized spacial score (nSPS) is 10.5. The minimum atomic E-state index is -0.222. The summed E-state index contributed by atoms with van der Waals surface area (Å²) in [5, 5.41) is 7.16. The van der Waals surface area contributed by atoms with Crippen molar-refractivity contribution in [1.82, 2.24) is 9.97 Å². The summed E-state index contributed by atoms with van der Waals surface area (Å²) in [4.78, 5) is 8.78. The largest absolute Gasteiger partial charge is 0.370 e. The van der Waals surface area contributed by atoms with E-state index in [-0.39, 0.29) is 5.82 Å². The molecule has 3 rings (SSSR count). The van der Waals surface area contributed by atoms with Gasteiger partial charge in [-0.25, -0.2) is 14.4 Å². The molecule has 0 saturated carbocycles. The average Bonchev–Trinajstić information content (AvgIpc) is 2.56. The second-order valence-corrected chi connectivity index (χ2v) is 6.06. The Labute approximate surface area is 151 Å². The smallest absolute Gasteiger partial charge is 0.136 e. The quantitative estimate of drug-likeness (QED) is 0.654. The Morgan fingerprint density at radius 1 is 1.00 bits per heavy atom. The van der Waals surface area contributed by atoms with Crippen molar-refractivity contribution in [2.75, 3.05) is 17.2 Å². The van der Waals surface area contributed by atoms with E-state index >= 15 is 0 Å². The van der Waals surface area contributed by atoms with Gasteiger partial charge in [0.15, 0.2) is 0 Å². The standard InChI is InChI=1S/C19H18ClFN4/c1-13-23-18(22-10-9-14-5-7-16(21)8-6-14)12-19(24-13)25-17-4-2-3-15(20)11-17/h2-8,11-12H,9-10H2,1H3,(H2,22,23,24,25). The Bertz CT molecular complexity index is 852. The van der Waals surface area contributed by atoms with E-state index in [2.05, 4.69) is 20.6 Å². The van der Waals surface area contributed by atoms with Crippen molar-refractivity contribution in [3.63, 3.8) is 0 Å². The number of halogens is 2. The van der Waals surface area contributed by atoms with E-state index in [0.29, 0.717) is 23.2 Å². The van der Waals surface area contributed by atoms with Crippen molar-refractivity contribution in [1.29, 1.82) is 0 Å². The van der Waals surface area contributed by atoms with Gasteiger partial charge in [-0.3, -0.25) is 0 Å². The van der Waals surface area contributed by atoms with Crippen molar-refractivity contribution < 1.29 is 4.39 Å². The van der Waals surface area contributed by atoms with E-state index in [1.807, 2.05) is 37.3 Å². The summed E-state index contributed by atoms with van der Waals surface area (Å²) in [6, 6.07) is 15.8. The molecular weight excluding hydrogens is 339 g/mol. The van der Waals surface area contributed by atoms with Gasteiger partial charge in [-0.15, -0.1) is 0 Å². The van der Waals surface area contributed by atoms with Crippen LogP contribution in [0, 0.1) is 12.7 Å². The molecule has 0 fully saturated rings. The molecular formula is C19H18ClFN4. The van der Waals surface area contributed by atoms with Gasteiger partial charge in [-0.2, -0.15) is 0 Å². The Morgan fingerprint density at radius 2 is 1.76 bits per heavy atom. The number of nitrogens with zero attached hydrogens (tertiary/aromatic N) is 2. The molecule has 0 amide bonds. The second kappa shape index (κ2) is 7.94. The third-order valence-corrected chi connectivity index (χ3v) is 3.80. The fraction of sp³-hybridized carbons (Fsp3) is 0.158. The third-order valence-electron chi connectivity index (χ3n) is 3.57. The van der Waals surface area contributed by atoms with Gasteiger partial charge in [0.25, 0.3) is 0 Å². The summed E-state index contributed by atoms with van der Waals surface area (Å²) < 4.78 is 12.9. The summed E-state index contributed by atoms with van der Waals surface area (Å²) in [6.07, 6.45) is 0.778. The topological polar surface area (TPSA) is 49.8 Å². The van der Waals surface area contributed by atoms with Crippen molar-refractivity contribution in [3.05, 3.63) is 76.8 Å². The summed E-state index contributed by atoms with van der Waals surface area (Å²) in [6.45, 7) is 2.53. The van der Waals surface area contributed by atoms with Gasteiger partial charge in [0.1, 0.15) is 23.3 Å². The van der Waals surface area contributed by atoms with Crippen LogP contribution in [0.4, 0.5) is 21.7 Å². The molecule has 1 aromatic heterocycles. The number of anilines is 3. The van der Waals surface area contributed by atoms with Gasteiger partial charge in [-0.1, -0.05) is 29.8 Å². The minimum Gasteiger partial charge on any atom is -0.370 e. The third kappa shape index (κ3) is 5.16. The minimum absolute atomic E-state index is 0.222. The molecule has 0 bridgehead atoms. The van der Waals surface area contributed by atoms with Crippen molar-refractivity contribution >= 4 is 28.9 Å². The molecule has 0 radical (unpaired) electrons. The predicted octanol–water partition coefficient (Wildman–Crippen LogP) is 4.98. The Morgan fingerprint density at radius 3 is 2.52 bits per heavy atom. The molecule has 0 saturated heterocycles. The first-order chi connectivity index (χ1) is 12.1. The molecule has 6 heteroatoms. The van der Waals surface area contributed by atoms with E-state index in [1.54, 1.807) is 12.1 Å². The van der Waals surface area contributed by atoms with Crippen molar-refractivity contribution in [2.24, 2.45) is 0 Å². The lowest BCUT2D eigenvalue weighted by Crippen LogP contribution is -2.08. The zero-order valence-electron chi connectivity index (χ0n) is 13.8. The van der Waals surface area contributed by atoms with Crippen molar-refractivity contribution in [2.45, 2.75) is 13.3 Å². The number of hydrogen-bond acceptors (Lipinski definition) is 4. The first-order valence-corrected chi connectivity index (χ1v) is 8.33. The molecule has 2 aromatic carbocycles. The van der Waals surface area contributed by atoms with Crippen LogP contribution >= 0.6 is 11.6 Å². The van der Waals surface area contributed by atoms with Crippen LogP contribution in [0.5, 0.6) is 0 Å². The highest BCUT2D eigenvalue weighted by Crippen LogP contribution is 2.20. The molecule has 0 aliphatic carbocycles. The van der Waals surface area contributed by atoms with Gasteiger partial charge in [-0.05, 0) is 49.2 Å². The predicted molar refractivity (Wildman–Crippen MR) is 100 cm³/mol. The lowest BCUT2D eigenvalue weighted by molar-refractivity contribution is 0.627. The van der Waals surface area contributed by atoms with Gasteiger partial charge < -0.3 is 10.6 Å². The van der Waals surface area contributed by atoms with Crippen LogP contribution in [-0.4, -0.2) is 16.5 Å². The maximum atomic E-state index is 12.9. The molecule has 25 heavy (non-hydrogen) atoms. The van der Waals surface area contributed by atoms with Crippen molar-refractivity contribution in [3.8, 4) is 0 Å². The molecule has 128 valence electrons. The van der Waals surface area contributed by atoms with Crippen LogP contribution in [0.3, 0.4) is 0 Å². The summed E-state index contributed by atoms with van der Waals surface area (Å²) in [5.74, 6) is 1.87. The van der Waals surface area contributed by atoms with Crippen LogP contribution in [0.15, 0.2) is 54.6 Å². The highest BCUT2D eigenvalue weighted by molar-refractivity contribution is 6.30. The number of rotatable bonds is 6. The number of aryl methyl sites for hydroxylation is 1. The Hall–Kier alpha value is -2.66. The monoisotopic (exact) mass is 356 g/mol. The van der Waals surface area contributed by atoms with Crippen LogP contribution in [0.2, 0.25) is 5.02 Å². The molecule has 0 spiro atoms. The molecule has 4 nitrogen and oxygen atoms in total. The second-order valence-electron chi connectivity index (χ2n) is 5.62. The molecule has 0 aliphatic rings. The highest BCUT2D eigenvalue weighted by atomic mass is 35.5. The SMILES string of the molecule is Cc1nc(NCCc2ccc(F)cc2)cc(Nc2cccc(Cl)c2)n1. The lowest BCUT2D eigenvalue weighted by Gasteiger charge is -2.10. The van der Waals surface area contributed by atoms with E-state index in [0.717, 1.165) is 23.5 Å². The zero-order chi connectivity index (χ0) is 17.6. The first-order valence-electron chi connectivity index (χ1n) is 7.95. The number of benzene rings is 2. The van der Waals surface area contributed by atoms with Crippen LogP contribution in [0.25, 0.3) is 0 Å². The van der Waals surface area contributed by atoms with Crippen LogP contribution in [-0.2, 0) is 6.42 Å². The first kappa shape index (κ1) is 17.2. The number of hydrogen-bond donors (Lipinski definition) is 2. The Kier molecular flexibility index (Phi) is 5.46. The molecule has 0 unspecified atom stereocenters. The molecule has 3 aromatic rings. The summed E-state index contributed by atoms with van der Waals surface area (Å²) in [5.41, 5.74) is 1.93. The number of nitrogens with one attached hydrogen (secondary N) is 2. The van der Waals surface area contributed by atoms with E-state index in [4.69, 9.17) is 11.6 Å². The fourth-order valence-corrected chi connectivity index (χ4v) is 2.61. The van der Waals surface area contributed by atoms with Gasteiger partial charge in [0.2, 0.25) is 0 Å². The maximum Gasteiger partial charge on any atom is 0.136 e. The molecule has 1 heterocycles. The highest BCUT2D eigenvalue weighted by Gasteiger charge is 2.03. The maximum absolute atomic E-state index is 12.9. The van der Waals surface area contributed by atoms with Crippen LogP contribution < -0.4 is 10.6 Å². The summed E-state index contributed by atoms with van der Waals surface area (Å²) >= 11 is 6.00.